The van der Waals surface area contributed by atoms with Crippen LogP contribution in [0.1, 0.15) is 27.2 Å². The molecular formula is C6H14BN. The first-order valence-electron chi connectivity index (χ1n) is 2.96. The first kappa shape index (κ1) is 8.02. The van der Waals surface area contributed by atoms with E-state index in [1.807, 2.05) is 20.8 Å². The van der Waals surface area contributed by atoms with Crippen LogP contribution in [0.3, 0.4) is 0 Å². The molecule has 1 nitrogen and oxygen atoms in total. The topological polar surface area (TPSA) is 26.0 Å². The van der Waals surface area contributed by atoms with Crippen LogP contribution >= 0.6 is 0 Å². The first-order valence-corrected chi connectivity index (χ1v) is 2.96. The van der Waals surface area contributed by atoms with Gasteiger partial charge in [-0.05, 0) is 13.3 Å². The fourth-order valence-electron chi connectivity index (χ4n) is 0.830. The van der Waals surface area contributed by atoms with Crippen LogP contribution in [0.5, 0.6) is 0 Å². The molecule has 0 rings (SSSR count). The van der Waals surface area contributed by atoms with Gasteiger partial charge in [0.25, 0.3) is 0 Å². The van der Waals surface area contributed by atoms with Gasteiger partial charge in [0, 0.05) is 6.04 Å². The molecule has 0 amide bonds. The zero-order valence-electron chi connectivity index (χ0n) is 5.94. The molecule has 0 aromatic carbocycles. The van der Waals surface area contributed by atoms with E-state index < -0.39 is 0 Å². The highest BCUT2D eigenvalue weighted by Crippen LogP contribution is 2.23. The Labute approximate surface area is 53.1 Å². The molecule has 0 aliphatic carbocycles. The van der Waals surface area contributed by atoms with Crippen LogP contribution in [-0.2, 0) is 0 Å². The lowest BCUT2D eigenvalue weighted by atomic mass is 9.69. The molecule has 0 aliphatic rings. The average Bonchev–Trinajstić information content (AvgIpc) is 1.21. The van der Waals surface area contributed by atoms with Gasteiger partial charge in [0.15, 0.2) is 0 Å². The zero-order valence-corrected chi connectivity index (χ0v) is 5.94. The van der Waals surface area contributed by atoms with Gasteiger partial charge in [0.1, 0.15) is 0 Å². The summed E-state index contributed by atoms with van der Waals surface area (Å²) in [4.78, 5) is 0. The van der Waals surface area contributed by atoms with Crippen molar-refractivity contribution in [1.29, 1.82) is 0 Å². The summed E-state index contributed by atoms with van der Waals surface area (Å²) in [7, 11) is 5.66. The Hall–Kier alpha value is 0.0249. The second-order valence-corrected chi connectivity index (χ2v) is 3.17. The predicted molar refractivity (Wildman–Crippen MR) is 38.1 cm³/mol. The molecule has 8 heavy (non-hydrogen) atoms. The molecule has 2 heteroatoms. The molecule has 1 unspecified atom stereocenters. The van der Waals surface area contributed by atoms with Crippen molar-refractivity contribution < 1.29 is 0 Å². The van der Waals surface area contributed by atoms with Gasteiger partial charge in [-0.1, -0.05) is 19.2 Å². The lowest BCUT2D eigenvalue weighted by Crippen LogP contribution is -2.20. The number of rotatable bonds is 2. The Morgan fingerprint density at radius 2 is 2.00 bits per heavy atom. The molecule has 46 valence electrons. The summed E-state index contributed by atoms with van der Waals surface area (Å²) >= 11 is 0. The Morgan fingerprint density at radius 3 is 2.00 bits per heavy atom. The predicted octanol–water partition coefficient (Wildman–Crippen LogP) is 1.09. The molecule has 0 aromatic heterocycles. The molecular weight excluding hydrogens is 96.9 g/mol. The van der Waals surface area contributed by atoms with Crippen molar-refractivity contribution in [3.8, 4) is 0 Å². The Kier molecular flexibility index (Phi) is 2.55. The maximum Gasteiger partial charge on any atom is 0.0739 e. The second-order valence-electron chi connectivity index (χ2n) is 3.17. The molecule has 2 N–H and O–H groups in total. The largest absolute Gasteiger partial charge is 0.328 e. The average molecular weight is 111 g/mol. The molecule has 2 radical (unpaired) electrons. The normalized spacial score (nSPS) is 16.0. The van der Waals surface area contributed by atoms with Gasteiger partial charge < -0.3 is 5.73 Å². The summed E-state index contributed by atoms with van der Waals surface area (Å²) in [6, 6.07) is 0.218. The quantitative estimate of drug-likeness (QED) is 0.530. The van der Waals surface area contributed by atoms with Gasteiger partial charge in [0.2, 0.25) is 0 Å². The SMILES string of the molecule is [B]C(C)(C)CC(C)N. The molecule has 0 aliphatic heterocycles. The summed E-state index contributed by atoms with van der Waals surface area (Å²) in [5.41, 5.74) is 5.50. The minimum Gasteiger partial charge on any atom is -0.328 e. The van der Waals surface area contributed by atoms with Crippen molar-refractivity contribution in [2.45, 2.75) is 38.5 Å². The van der Waals surface area contributed by atoms with E-state index in [0.29, 0.717) is 0 Å². The summed E-state index contributed by atoms with van der Waals surface area (Å²) < 4.78 is 0. The van der Waals surface area contributed by atoms with E-state index in [2.05, 4.69) is 0 Å². The van der Waals surface area contributed by atoms with Crippen molar-refractivity contribution in [1.82, 2.24) is 0 Å². The van der Waals surface area contributed by atoms with Crippen molar-refractivity contribution in [2.75, 3.05) is 0 Å². The second kappa shape index (κ2) is 2.54. The van der Waals surface area contributed by atoms with Crippen molar-refractivity contribution in [2.24, 2.45) is 5.73 Å². The third-order valence-electron chi connectivity index (χ3n) is 0.848. The van der Waals surface area contributed by atoms with Crippen LogP contribution in [0.15, 0.2) is 0 Å². The lowest BCUT2D eigenvalue weighted by Gasteiger charge is -2.20. The molecule has 0 heterocycles. The van der Waals surface area contributed by atoms with E-state index in [1.165, 1.54) is 0 Å². The minimum atomic E-state index is -0.103. The third-order valence-corrected chi connectivity index (χ3v) is 0.848. The van der Waals surface area contributed by atoms with Crippen LogP contribution in [0.2, 0.25) is 5.31 Å². The van der Waals surface area contributed by atoms with Crippen molar-refractivity contribution in [3.05, 3.63) is 0 Å². The summed E-state index contributed by atoms with van der Waals surface area (Å²) in [5, 5.41) is -0.103. The highest BCUT2D eigenvalue weighted by Gasteiger charge is 2.10. The Bertz CT molecular complexity index is 63.4. The van der Waals surface area contributed by atoms with Crippen LogP contribution in [0.25, 0.3) is 0 Å². The van der Waals surface area contributed by atoms with E-state index in [0.717, 1.165) is 6.42 Å². The zero-order chi connectivity index (χ0) is 6.78. The maximum atomic E-state index is 5.66. The third kappa shape index (κ3) is 6.02. The summed E-state index contributed by atoms with van der Waals surface area (Å²) in [5.74, 6) is 0. The van der Waals surface area contributed by atoms with E-state index in [1.54, 1.807) is 0 Å². The van der Waals surface area contributed by atoms with Crippen molar-refractivity contribution >= 4 is 7.85 Å². The molecule has 0 aromatic rings. The fraction of sp³-hybridized carbons (Fsp3) is 1.00. The highest BCUT2D eigenvalue weighted by atomic mass is 14.6. The Balaban J connectivity index is 3.39. The molecule has 0 bridgehead atoms. The molecule has 0 spiro atoms. The van der Waals surface area contributed by atoms with Crippen LogP contribution in [0.4, 0.5) is 0 Å². The van der Waals surface area contributed by atoms with E-state index in [9.17, 15) is 0 Å². The molecule has 1 atom stereocenters. The van der Waals surface area contributed by atoms with Gasteiger partial charge in [-0.15, -0.1) is 0 Å². The van der Waals surface area contributed by atoms with Crippen molar-refractivity contribution in [3.63, 3.8) is 0 Å². The number of nitrogens with two attached hydrogens (primary N) is 1. The monoisotopic (exact) mass is 111 g/mol. The van der Waals surface area contributed by atoms with E-state index >= 15 is 0 Å². The molecule has 0 saturated heterocycles. The lowest BCUT2D eigenvalue weighted by molar-refractivity contribution is 0.540. The maximum absolute atomic E-state index is 5.66. The highest BCUT2D eigenvalue weighted by molar-refractivity contribution is 6.14. The number of hydrogen-bond acceptors (Lipinski definition) is 1. The summed E-state index contributed by atoms with van der Waals surface area (Å²) in [6.45, 7) is 5.93. The standard InChI is InChI=1S/C6H14BN/c1-5(8)4-6(2,3)7/h5H,4,8H2,1-3H3. The van der Waals surface area contributed by atoms with Gasteiger partial charge in [-0.2, -0.15) is 0 Å². The van der Waals surface area contributed by atoms with Gasteiger partial charge in [0.05, 0.1) is 7.85 Å². The van der Waals surface area contributed by atoms with Crippen LogP contribution < -0.4 is 5.73 Å². The Morgan fingerprint density at radius 1 is 1.62 bits per heavy atom. The minimum absolute atomic E-state index is 0.103. The van der Waals surface area contributed by atoms with Gasteiger partial charge in [-0.25, -0.2) is 0 Å². The smallest absolute Gasteiger partial charge is 0.0739 e. The van der Waals surface area contributed by atoms with Gasteiger partial charge in [-0.3, -0.25) is 0 Å². The van der Waals surface area contributed by atoms with Crippen LogP contribution in [0, 0.1) is 0 Å². The summed E-state index contributed by atoms with van der Waals surface area (Å²) in [6.07, 6.45) is 0.882. The van der Waals surface area contributed by atoms with Crippen LogP contribution in [-0.4, -0.2) is 13.9 Å². The fourth-order valence-corrected chi connectivity index (χ4v) is 0.830. The van der Waals surface area contributed by atoms with E-state index in [4.69, 9.17) is 13.6 Å². The first-order chi connectivity index (χ1) is 3.42. The number of hydrogen-bond donors (Lipinski definition) is 1. The van der Waals surface area contributed by atoms with E-state index in [-0.39, 0.29) is 11.4 Å². The van der Waals surface area contributed by atoms with Gasteiger partial charge >= 0.3 is 0 Å². The molecule has 0 saturated carbocycles. The molecule has 0 fully saturated rings.